The van der Waals surface area contributed by atoms with Crippen molar-refractivity contribution in [2.75, 3.05) is 41.4 Å². The summed E-state index contributed by atoms with van der Waals surface area (Å²) >= 11 is 0. The number of non-ortho nitro benzene ring substituents is 2. The summed E-state index contributed by atoms with van der Waals surface area (Å²) in [4.78, 5) is 66.4. The van der Waals surface area contributed by atoms with Gasteiger partial charge >= 0.3 is 11.9 Å². The van der Waals surface area contributed by atoms with Gasteiger partial charge in [0.2, 0.25) is 0 Å². The van der Waals surface area contributed by atoms with Crippen LogP contribution in [0.4, 0.5) is 11.4 Å². The molecule has 2 aromatic rings. The first-order valence-corrected chi connectivity index (χ1v) is 11.6. The number of fused-ring (bicyclic) bond motifs is 2. The molecule has 0 spiro atoms. The molecule has 2 heterocycles. The molecule has 4 atom stereocenters. The molecule has 0 radical (unpaired) electrons. The second-order valence-electron chi connectivity index (χ2n) is 9.60. The van der Waals surface area contributed by atoms with Gasteiger partial charge in [0.15, 0.2) is 16.6 Å². The van der Waals surface area contributed by atoms with Crippen LogP contribution >= 0.6 is 0 Å². The van der Waals surface area contributed by atoms with Crippen LogP contribution in [-0.4, -0.2) is 78.8 Å². The van der Waals surface area contributed by atoms with Gasteiger partial charge in [0, 0.05) is 37.4 Å². The van der Waals surface area contributed by atoms with Crippen LogP contribution in [0.15, 0.2) is 48.5 Å². The van der Waals surface area contributed by atoms with Gasteiger partial charge in [-0.05, 0) is 25.2 Å². The Morgan fingerprint density at radius 2 is 1.13 bits per heavy atom. The average Bonchev–Trinajstić information content (AvgIpc) is 2.90. The van der Waals surface area contributed by atoms with E-state index in [1.54, 1.807) is 23.9 Å². The van der Waals surface area contributed by atoms with Gasteiger partial charge in [-0.2, -0.15) is 0 Å². The Labute approximate surface area is 217 Å². The molecule has 0 aromatic heterocycles. The number of piperidine rings is 2. The highest BCUT2D eigenvalue weighted by atomic mass is 16.6. The van der Waals surface area contributed by atoms with Crippen molar-refractivity contribution >= 4 is 29.1 Å². The molecule has 4 rings (SSSR count). The molecule has 2 aromatic carbocycles. The number of benzene rings is 2. The number of methoxy groups -OCH3 is 2. The molecule has 200 valence electrons. The maximum Gasteiger partial charge on any atom is 0.322 e. The van der Waals surface area contributed by atoms with Crippen molar-refractivity contribution in [3.8, 4) is 0 Å². The van der Waals surface area contributed by atoms with Crippen LogP contribution in [0, 0.1) is 31.1 Å². The van der Waals surface area contributed by atoms with E-state index in [1.807, 2.05) is 0 Å². The molecule has 13 heteroatoms. The summed E-state index contributed by atoms with van der Waals surface area (Å²) in [5, 5.41) is 22.5. The molecule has 2 aliphatic heterocycles. The van der Waals surface area contributed by atoms with E-state index in [1.165, 1.54) is 48.5 Å². The summed E-state index contributed by atoms with van der Waals surface area (Å²) in [6.07, 6.45) is 0. The molecule has 38 heavy (non-hydrogen) atoms. The third-order valence-electron chi connectivity index (χ3n) is 7.54. The summed E-state index contributed by atoms with van der Waals surface area (Å²) < 4.78 is 10.3. The number of ether oxygens (including phenoxy) is 2. The summed E-state index contributed by atoms with van der Waals surface area (Å²) in [6, 6.07) is 8.92. The first kappa shape index (κ1) is 26.8. The lowest BCUT2D eigenvalue weighted by molar-refractivity contribution is -0.385. The number of Topliss-reactive ketones (excluding diaryl/α,β-unsaturated/α-hetero) is 1. The van der Waals surface area contributed by atoms with E-state index in [9.17, 15) is 34.6 Å². The smallest absolute Gasteiger partial charge is 0.322 e. The maximum atomic E-state index is 14.6. The number of nitrogens with zero attached hydrogens (tertiary/aromatic N) is 4. The average molecular weight is 527 g/mol. The molecule has 0 saturated carbocycles. The molecule has 0 amide bonds. The highest BCUT2D eigenvalue weighted by Crippen LogP contribution is 2.60. The molecule has 2 bridgehead atoms. The van der Waals surface area contributed by atoms with Crippen LogP contribution in [0.2, 0.25) is 0 Å². The third-order valence-corrected chi connectivity index (χ3v) is 7.54. The molecular formula is C25H26N4O9. The minimum absolute atomic E-state index is 0.0871. The normalized spacial score (nSPS) is 27.4. The van der Waals surface area contributed by atoms with Gasteiger partial charge in [-0.1, -0.05) is 24.3 Å². The summed E-state index contributed by atoms with van der Waals surface area (Å²) in [7, 11) is 5.58. The zero-order valence-corrected chi connectivity index (χ0v) is 21.2. The Hall–Kier alpha value is -4.23. The Balaban J connectivity index is 2.03. The second kappa shape index (κ2) is 9.58. The fourth-order valence-electron chi connectivity index (χ4n) is 6.21. The Morgan fingerprint density at radius 1 is 0.789 bits per heavy atom. The molecule has 0 aliphatic carbocycles. The number of hydrogen-bond donors (Lipinski definition) is 0. The van der Waals surface area contributed by atoms with Crippen molar-refractivity contribution in [2.24, 2.45) is 10.8 Å². The number of likely N-dealkylation sites (tertiary alicyclic amines) is 2. The topological polar surface area (TPSA) is 162 Å². The fourth-order valence-corrected chi connectivity index (χ4v) is 6.21. The van der Waals surface area contributed by atoms with E-state index in [0.717, 1.165) is 14.2 Å². The zero-order chi connectivity index (χ0) is 28.0. The van der Waals surface area contributed by atoms with E-state index < -0.39 is 50.5 Å². The van der Waals surface area contributed by atoms with Crippen molar-refractivity contribution in [1.29, 1.82) is 0 Å². The van der Waals surface area contributed by atoms with Crippen molar-refractivity contribution in [3.05, 3.63) is 79.9 Å². The minimum atomic E-state index is -1.89. The lowest BCUT2D eigenvalue weighted by Crippen LogP contribution is -2.75. The second-order valence-corrected chi connectivity index (χ2v) is 9.60. The van der Waals surface area contributed by atoms with Gasteiger partial charge in [0.05, 0.1) is 36.1 Å². The first-order chi connectivity index (χ1) is 17.9. The number of ketones is 1. The summed E-state index contributed by atoms with van der Waals surface area (Å²) in [5.74, 6) is -2.43. The van der Waals surface area contributed by atoms with Gasteiger partial charge in [-0.3, -0.25) is 39.5 Å². The Morgan fingerprint density at radius 3 is 1.42 bits per heavy atom. The van der Waals surface area contributed by atoms with Gasteiger partial charge < -0.3 is 14.4 Å². The van der Waals surface area contributed by atoms with Crippen LogP contribution in [0.25, 0.3) is 0 Å². The Bertz CT molecular complexity index is 1220. The van der Waals surface area contributed by atoms with E-state index in [-0.39, 0.29) is 24.5 Å². The monoisotopic (exact) mass is 526 g/mol. The molecule has 0 N–H and O–H groups in total. The van der Waals surface area contributed by atoms with Crippen LogP contribution in [0.1, 0.15) is 23.2 Å². The predicted molar refractivity (Wildman–Crippen MR) is 131 cm³/mol. The third kappa shape index (κ3) is 3.73. The predicted octanol–water partition coefficient (Wildman–Crippen LogP) is 2.06. The number of rotatable bonds is 6. The summed E-state index contributed by atoms with van der Waals surface area (Å²) in [5.41, 5.74) is -3.31. The Kier molecular flexibility index (Phi) is 6.76. The highest BCUT2D eigenvalue weighted by molar-refractivity contribution is 6.17. The van der Waals surface area contributed by atoms with Crippen molar-refractivity contribution in [1.82, 2.24) is 9.80 Å². The first-order valence-electron chi connectivity index (χ1n) is 11.6. The SMILES string of the molecule is COC(=O)C12CN(C)CC(C(=O)OC)(C1=O)C(c1ccc([N+](=O)[O-])cc1)N(C)C2c1ccc([N+](=O)[O-])cc1. The van der Waals surface area contributed by atoms with E-state index in [2.05, 4.69) is 0 Å². The summed E-state index contributed by atoms with van der Waals surface area (Å²) in [6.45, 7) is -0.174. The largest absolute Gasteiger partial charge is 0.468 e. The van der Waals surface area contributed by atoms with Gasteiger partial charge in [-0.15, -0.1) is 0 Å². The van der Waals surface area contributed by atoms with Crippen LogP contribution in [-0.2, 0) is 23.9 Å². The zero-order valence-electron chi connectivity index (χ0n) is 21.2. The number of carbonyl (C=O) groups excluding carboxylic acids is 3. The van der Waals surface area contributed by atoms with E-state index in [4.69, 9.17) is 9.47 Å². The van der Waals surface area contributed by atoms with Crippen molar-refractivity contribution in [3.63, 3.8) is 0 Å². The molecular weight excluding hydrogens is 500 g/mol. The minimum Gasteiger partial charge on any atom is -0.468 e. The molecule has 2 saturated heterocycles. The van der Waals surface area contributed by atoms with Crippen LogP contribution < -0.4 is 0 Å². The fraction of sp³-hybridized carbons (Fsp3) is 0.400. The standard InChI is InChI=1S/C25H26N4O9/c1-26-13-24(22(31)37-3)19(15-5-9-17(10-6-15)28(33)34)27(2)20(16-7-11-18(12-8-16)29(35)36)25(14-26,21(24)30)23(32)38-4/h5-12,19-20H,13-14H2,1-4H3. The molecule has 4 unspecified atom stereocenters. The van der Waals surface area contributed by atoms with E-state index in [0.29, 0.717) is 11.1 Å². The molecule has 2 aliphatic rings. The quantitative estimate of drug-likeness (QED) is 0.234. The van der Waals surface area contributed by atoms with Crippen molar-refractivity contribution in [2.45, 2.75) is 12.1 Å². The number of nitro benzene ring substituents is 2. The lowest BCUT2D eigenvalue weighted by atomic mass is 9.54. The number of carbonyl (C=O) groups is 3. The maximum absolute atomic E-state index is 14.6. The van der Waals surface area contributed by atoms with Gasteiger partial charge in [0.1, 0.15) is 0 Å². The molecule has 2 fully saturated rings. The highest BCUT2D eigenvalue weighted by Gasteiger charge is 2.74. The van der Waals surface area contributed by atoms with Crippen LogP contribution in [0.3, 0.4) is 0 Å². The van der Waals surface area contributed by atoms with Gasteiger partial charge in [0.25, 0.3) is 11.4 Å². The van der Waals surface area contributed by atoms with Crippen LogP contribution in [0.5, 0.6) is 0 Å². The number of nitro groups is 2. The number of esters is 2. The van der Waals surface area contributed by atoms with Crippen molar-refractivity contribution < 1.29 is 33.7 Å². The van der Waals surface area contributed by atoms with E-state index >= 15 is 0 Å². The molecule has 13 nitrogen and oxygen atoms in total. The van der Waals surface area contributed by atoms with Gasteiger partial charge in [-0.25, -0.2) is 0 Å². The lowest BCUT2D eigenvalue weighted by Gasteiger charge is -2.60. The number of hydrogen-bond acceptors (Lipinski definition) is 11.